The molecule has 0 saturated carbocycles. The summed E-state index contributed by atoms with van der Waals surface area (Å²) in [6.45, 7) is 2.53. The number of alkyl halides is 4. The van der Waals surface area contributed by atoms with Gasteiger partial charge in [0.15, 0.2) is 10.6 Å². The van der Waals surface area contributed by atoms with Crippen LogP contribution in [-0.2, 0) is 6.54 Å². The molecule has 0 aliphatic rings. The highest BCUT2D eigenvalue weighted by molar-refractivity contribution is 7.71. The molecule has 1 N–H and O–H groups in total. The van der Waals surface area contributed by atoms with Crippen LogP contribution in [-0.4, -0.2) is 27.3 Å². The molecule has 2 rings (SSSR count). The van der Waals surface area contributed by atoms with Gasteiger partial charge in [0.05, 0.1) is 0 Å². The maximum absolute atomic E-state index is 13.0. The summed E-state index contributed by atoms with van der Waals surface area (Å²) in [5, 5.41) is 6.65. The molecule has 0 aliphatic heterocycles. The predicted molar refractivity (Wildman–Crippen MR) is 74.7 cm³/mol. The van der Waals surface area contributed by atoms with Crippen molar-refractivity contribution in [3.05, 3.63) is 29.0 Å². The molecule has 22 heavy (non-hydrogen) atoms. The highest BCUT2D eigenvalue weighted by Crippen LogP contribution is 2.30. The number of rotatable bonds is 6. The van der Waals surface area contributed by atoms with Crippen LogP contribution in [0, 0.1) is 4.77 Å². The Balaban J connectivity index is 2.35. The maximum atomic E-state index is 13.0. The van der Waals surface area contributed by atoms with Crippen LogP contribution in [0.3, 0.4) is 0 Å². The number of halogens is 4. The van der Waals surface area contributed by atoms with Gasteiger partial charge in [-0.1, -0.05) is 19.1 Å². The van der Waals surface area contributed by atoms with E-state index in [4.69, 9.17) is 12.2 Å². The first kappa shape index (κ1) is 16.5. The monoisotopic (exact) mass is 335 g/mol. The number of benzene rings is 1. The summed E-state index contributed by atoms with van der Waals surface area (Å²) < 4.78 is 56.4. The zero-order valence-electron chi connectivity index (χ0n) is 11.5. The third-order valence-corrected chi connectivity index (χ3v) is 3.12. The van der Waals surface area contributed by atoms with E-state index in [0.29, 0.717) is 22.7 Å². The van der Waals surface area contributed by atoms with Crippen molar-refractivity contribution in [1.82, 2.24) is 14.8 Å². The van der Waals surface area contributed by atoms with Crippen molar-refractivity contribution in [3.63, 3.8) is 0 Å². The van der Waals surface area contributed by atoms with E-state index >= 15 is 0 Å². The van der Waals surface area contributed by atoms with Gasteiger partial charge in [0.2, 0.25) is 0 Å². The van der Waals surface area contributed by atoms with Gasteiger partial charge in [-0.2, -0.15) is 22.7 Å². The van der Waals surface area contributed by atoms with E-state index in [0.717, 1.165) is 6.42 Å². The SMILES string of the molecule is CCCn1c(-c2cccc(OC(F)(F)C(F)F)c2)n[nH]c1=S. The summed E-state index contributed by atoms with van der Waals surface area (Å²) in [7, 11) is 0. The van der Waals surface area contributed by atoms with Crippen LogP contribution in [0.1, 0.15) is 13.3 Å². The molecule has 1 aromatic carbocycles. The fourth-order valence-electron chi connectivity index (χ4n) is 1.87. The van der Waals surface area contributed by atoms with Crippen molar-refractivity contribution in [3.8, 4) is 17.1 Å². The van der Waals surface area contributed by atoms with Crippen molar-refractivity contribution >= 4 is 12.2 Å². The smallest absolute Gasteiger partial charge is 0.428 e. The number of hydrogen-bond acceptors (Lipinski definition) is 3. The Hall–Kier alpha value is -1.90. The molecule has 1 heterocycles. The molecule has 0 amide bonds. The summed E-state index contributed by atoms with van der Waals surface area (Å²) in [5.74, 6) is 0.0532. The highest BCUT2D eigenvalue weighted by Gasteiger charge is 2.44. The Morgan fingerprint density at radius 2 is 2.14 bits per heavy atom. The van der Waals surface area contributed by atoms with Gasteiger partial charge in [-0.05, 0) is 30.8 Å². The Morgan fingerprint density at radius 3 is 2.77 bits per heavy atom. The molecule has 0 radical (unpaired) electrons. The molecule has 120 valence electrons. The van der Waals surface area contributed by atoms with E-state index in [-0.39, 0.29) is 5.75 Å². The summed E-state index contributed by atoms with van der Waals surface area (Å²) in [6, 6.07) is 5.41. The molecule has 0 unspecified atom stereocenters. The number of aromatic nitrogens is 3. The van der Waals surface area contributed by atoms with Crippen molar-refractivity contribution in [1.29, 1.82) is 0 Å². The van der Waals surface area contributed by atoms with Crippen LogP contribution in [0.5, 0.6) is 5.75 Å². The first-order chi connectivity index (χ1) is 10.3. The zero-order chi connectivity index (χ0) is 16.3. The van der Waals surface area contributed by atoms with Gasteiger partial charge in [-0.25, -0.2) is 0 Å². The van der Waals surface area contributed by atoms with Crippen molar-refractivity contribution in [2.24, 2.45) is 0 Å². The second-order valence-corrected chi connectivity index (χ2v) is 4.88. The Morgan fingerprint density at radius 1 is 1.41 bits per heavy atom. The lowest BCUT2D eigenvalue weighted by Gasteiger charge is -2.17. The lowest BCUT2D eigenvalue weighted by Crippen LogP contribution is -2.33. The number of aromatic amines is 1. The normalized spacial score (nSPS) is 11.9. The third-order valence-electron chi connectivity index (χ3n) is 2.81. The zero-order valence-corrected chi connectivity index (χ0v) is 12.3. The topological polar surface area (TPSA) is 42.8 Å². The summed E-state index contributed by atoms with van der Waals surface area (Å²) >= 11 is 5.09. The first-order valence-electron chi connectivity index (χ1n) is 6.45. The minimum absolute atomic E-state index is 0.375. The van der Waals surface area contributed by atoms with Crippen molar-refractivity contribution < 1.29 is 22.3 Å². The molecule has 2 aromatic rings. The molecule has 0 saturated heterocycles. The lowest BCUT2D eigenvalue weighted by molar-refractivity contribution is -0.253. The summed E-state index contributed by atoms with van der Waals surface area (Å²) in [4.78, 5) is 0. The minimum atomic E-state index is -4.55. The summed E-state index contributed by atoms with van der Waals surface area (Å²) in [5.41, 5.74) is 0.434. The van der Waals surface area contributed by atoms with E-state index in [9.17, 15) is 17.6 Å². The van der Waals surface area contributed by atoms with E-state index in [1.165, 1.54) is 18.2 Å². The standard InChI is InChI=1S/C13H13F4N3OS/c1-2-6-20-10(18-19-12(20)22)8-4-3-5-9(7-8)21-13(16,17)11(14)15/h3-5,7,11H,2,6H2,1H3,(H,19,22). The average Bonchev–Trinajstić information content (AvgIpc) is 2.80. The second kappa shape index (κ2) is 6.47. The van der Waals surface area contributed by atoms with E-state index in [1.807, 2.05) is 6.92 Å². The number of nitrogens with one attached hydrogen (secondary N) is 1. The van der Waals surface area contributed by atoms with Crippen LogP contribution in [0.2, 0.25) is 0 Å². The molecule has 1 aromatic heterocycles. The van der Waals surface area contributed by atoms with Crippen LogP contribution in [0.4, 0.5) is 17.6 Å². The molecular weight excluding hydrogens is 322 g/mol. The molecule has 0 atom stereocenters. The van der Waals surface area contributed by atoms with Crippen molar-refractivity contribution in [2.45, 2.75) is 32.4 Å². The van der Waals surface area contributed by atoms with Crippen LogP contribution in [0.25, 0.3) is 11.4 Å². The highest BCUT2D eigenvalue weighted by atomic mass is 32.1. The number of nitrogens with zero attached hydrogens (tertiary/aromatic N) is 2. The molecule has 4 nitrogen and oxygen atoms in total. The Bertz CT molecular complexity index is 699. The Kier molecular flexibility index (Phi) is 4.84. The van der Waals surface area contributed by atoms with E-state index in [1.54, 1.807) is 10.6 Å². The predicted octanol–water partition coefficient (Wildman–Crippen LogP) is 4.25. The minimum Gasteiger partial charge on any atom is -0.428 e. The first-order valence-corrected chi connectivity index (χ1v) is 6.86. The number of H-pyrrole nitrogens is 1. The van der Waals surface area contributed by atoms with Gasteiger partial charge in [0.25, 0.3) is 0 Å². The summed E-state index contributed by atoms with van der Waals surface area (Å²) in [6.07, 6.45) is -7.67. The molecule has 0 spiro atoms. The van der Waals surface area contributed by atoms with Gasteiger partial charge in [0.1, 0.15) is 5.75 Å². The average molecular weight is 335 g/mol. The molecule has 0 bridgehead atoms. The van der Waals surface area contributed by atoms with Gasteiger partial charge in [0, 0.05) is 12.1 Å². The van der Waals surface area contributed by atoms with Gasteiger partial charge >= 0.3 is 12.5 Å². The number of hydrogen-bond donors (Lipinski definition) is 1. The largest absolute Gasteiger partial charge is 0.461 e. The lowest BCUT2D eigenvalue weighted by atomic mass is 10.2. The van der Waals surface area contributed by atoms with Gasteiger partial charge in [-0.3, -0.25) is 5.10 Å². The van der Waals surface area contributed by atoms with Gasteiger partial charge < -0.3 is 9.30 Å². The molecule has 0 fully saturated rings. The van der Waals surface area contributed by atoms with Crippen molar-refractivity contribution in [2.75, 3.05) is 0 Å². The third kappa shape index (κ3) is 3.46. The second-order valence-electron chi connectivity index (χ2n) is 4.50. The van der Waals surface area contributed by atoms with E-state index < -0.39 is 12.5 Å². The quantitative estimate of drug-likeness (QED) is 0.634. The maximum Gasteiger partial charge on any atom is 0.461 e. The number of ether oxygens (including phenoxy) is 1. The fourth-order valence-corrected chi connectivity index (χ4v) is 2.09. The van der Waals surface area contributed by atoms with Crippen LogP contribution < -0.4 is 4.74 Å². The van der Waals surface area contributed by atoms with Gasteiger partial charge in [-0.15, -0.1) is 0 Å². The van der Waals surface area contributed by atoms with Crippen LogP contribution >= 0.6 is 12.2 Å². The van der Waals surface area contributed by atoms with Crippen LogP contribution in [0.15, 0.2) is 24.3 Å². The van der Waals surface area contributed by atoms with E-state index in [2.05, 4.69) is 14.9 Å². The molecule has 9 heteroatoms. The fraction of sp³-hybridized carbons (Fsp3) is 0.385. The molecule has 0 aliphatic carbocycles. The Labute approximate surface area is 128 Å². The molecular formula is C13H13F4N3OS.